The van der Waals surface area contributed by atoms with E-state index in [1.54, 1.807) is 11.3 Å². The van der Waals surface area contributed by atoms with Crippen LogP contribution >= 0.6 is 23.7 Å². The number of unbranched alkanes of at least 4 members (excludes halogenated alkanes) is 2. The lowest BCUT2D eigenvalue weighted by molar-refractivity contribution is -0.144. The maximum atomic E-state index is 14.0. The van der Waals surface area contributed by atoms with Gasteiger partial charge in [-0.05, 0) is 80.2 Å². The Kier molecular flexibility index (Phi) is 17.1. The summed E-state index contributed by atoms with van der Waals surface area (Å²) in [5, 5.41) is 16.6. The maximum Gasteiger partial charge on any atom is 0.246 e. The molecule has 1 saturated heterocycles. The Labute approximate surface area is 335 Å². The summed E-state index contributed by atoms with van der Waals surface area (Å²) in [4.78, 5) is 58.7. The third-order valence-corrected chi connectivity index (χ3v) is 10.9. The van der Waals surface area contributed by atoms with Gasteiger partial charge >= 0.3 is 0 Å². The number of nitrogens with zero attached hydrogens (tertiary/aromatic N) is 2. The summed E-state index contributed by atoms with van der Waals surface area (Å²) in [7, 11) is 0. The Hall–Kier alpha value is -4.04. The van der Waals surface area contributed by atoms with E-state index >= 15 is 0 Å². The van der Waals surface area contributed by atoms with E-state index in [2.05, 4.69) is 21.7 Å². The van der Waals surface area contributed by atoms with Gasteiger partial charge in [0.15, 0.2) is 0 Å². The second-order valence-corrected chi connectivity index (χ2v) is 16.5. The van der Waals surface area contributed by atoms with Crippen molar-refractivity contribution in [3.63, 3.8) is 0 Å². The molecule has 1 aliphatic rings. The number of benzene rings is 2. The van der Waals surface area contributed by atoms with Crippen molar-refractivity contribution in [2.24, 2.45) is 16.9 Å². The number of halogens is 1. The zero-order chi connectivity index (χ0) is 39.6. The van der Waals surface area contributed by atoms with Gasteiger partial charge in [0, 0.05) is 31.8 Å². The first-order valence-corrected chi connectivity index (χ1v) is 19.8. The SMILES string of the molecule is Cc1ccc(CCCCCC(=O)N[C@H](C(=O)N2C[C@H](O)C[C@H]2C(=O)N[C@@H](C)c2ccc(-c3scnc3C)cc2)C(C)(C)C)cc1OC[C@@H](N)CCC(N)=O.Cl. The van der Waals surface area contributed by atoms with Crippen molar-refractivity contribution in [1.29, 1.82) is 0 Å². The number of likely N-dealkylation sites (tertiary alicyclic amines) is 1. The minimum absolute atomic E-state index is 0. The summed E-state index contributed by atoms with van der Waals surface area (Å²) in [6.07, 6.45) is 3.37. The number of primary amides is 1. The van der Waals surface area contributed by atoms with Gasteiger partial charge < -0.3 is 36.8 Å². The van der Waals surface area contributed by atoms with Gasteiger partial charge in [0.2, 0.25) is 23.6 Å². The smallest absolute Gasteiger partial charge is 0.246 e. The third-order valence-electron chi connectivity index (χ3n) is 9.90. The molecule has 0 saturated carbocycles. The minimum Gasteiger partial charge on any atom is -0.492 e. The minimum atomic E-state index is -0.874. The van der Waals surface area contributed by atoms with Crippen molar-refractivity contribution in [2.45, 2.75) is 123 Å². The maximum absolute atomic E-state index is 14.0. The number of rotatable bonds is 18. The second-order valence-electron chi connectivity index (χ2n) is 15.6. The first-order chi connectivity index (χ1) is 25.5. The number of carbonyl (C=O) groups excluding carboxylic acids is 4. The summed E-state index contributed by atoms with van der Waals surface area (Å²) >= 11 is 1.58. The van der Waals surface area contributed by atoms with Crippen LogP contribution in [0.4, 0.5) is 0 Å². The molecular weight excluding hydrogens is 740 g/mol. The molecule has 1 aromatic heterocycles. The zero-order valence-corrected chi connectivity index (χ0v) is 34.6. The van der Waals surface area contributed by atoms with Crippen molar-refractivity contribution in [2.75, 3.05) is 13.2 Å². The van der Waals surface area contributed by atoms with Crippen LogP contribution in [0.25, 0.3) is 10.4 Å². The number of hydrogen-bond acceptors (Lipinski definition) is 9. The Balaban J connectivity index is 0.00000812. The van der Waals surface area contributed by atoms with E-state index in [0.717, 1.165) is 57.8 Å². The van der Waals surface area contributed by atoms with Crippen molar-refractivity contribution in [3.05, 3.63) is 70.4 Å². The fraction of sp³-hybridized carbons (Fsp3) is 0.537. The van der Waals surface area contributed by atoms with E-state index in [1.807, 2.05) is 83.5 Å². The molecule has 7 N–H and O–H groups in total. The third kappa shape index (κ3) is 13.3. The molecule has 0 unspecified atom stereocenters. The van der Waals surface area contributed by atoms with Crippen LogP contribution in [0.3, 0.4) is 0 Å². The molecule has 2 heterocycles. The van der Waals surface area contributed by atoms with Gasteiger partial charge in [-0.15, -0.1) is 23.7 Å². The number of hydrogen-bond donors (Lipinski definition) is 5. The zero-order valence-electron chi connectivity index (χ0n) is 32.9. The van der Waals surface area contributed by atoms with E-state index in [9.17, 15) is 24.3 Å². The standard InChI is InChI=1S/C41H58N6O6S.ClH/c1-25-12-13-28(20-34(25)53-23-31(42)18-19-35(43)49)10-8-7-9-11-36(50)46-38(41(4,5)6)40(52)47-22-32(48)21-33(47)39(51)45-26(2)29-14-16-30(17-15-29)37-27(3)44-24-54-37;/h12-17,20,24,26,31-33,38,48H,7-11,18-19,21-23,42H2,1-6H3,(H2,43,49)(H,45,51)(H,46,50);1H/t26-,31-,32+,33-,38+;/m0./s1. The molecule has 2 aromatic carbocycles. The number of carbonyl (C=O) groups is 4. The Bertz CT molecular complexity index is 1750. The molecular formula is C41H59ClN6O6S. The van der Waals surface area contributed by atoms with Crippen molar-refractivity contribution >= 4 is 47.4 Å². The molecule has 4 amide bonds. The highest BCUT2D eigenvalue weighted by molar-refractivity contribution is 7.13. The van der Waals surface area contributed by atoms with Crippen LogP contribution in [0.15, 0.2) is 48.0 Å². The lowest BCUT2D eigenvalue weighted by Gasteiger charge is -2.35. The van der Waals surface area contributed by atoms with Crippen LogP contribution in [0, 0.1) is 19.3 Å². The largest absolute Gasteiger partial charge is 0.492 e. The Morgan fingerprint density at radius 3 is 2.38 bits per heavy atom. The number of ether oxygens (including phenoxy) is 1. The normalized spacial score (nSPS) is 17.1. The molecule has 0 bridgehead atoms. The fourth-order valence-electron chi connectivity index (χ4n) is 6.60. The highest BCUT2D eigenvalue weighted by Gasteiger charge is 2.44. The molecule has 0 radical (unpaired) electrons. The molecule has 1 fully saturated rings. The lowest BCUT2D eigenvalue weighted by atomic mass is 9.85. The lowest BCUT2D eigenvalue weighted by Crippen LogP contribution is -2.57. The van der Waals surface area contributed by atoms with Crippen LogP contribution in [0.5, 0.6) is 5.75 Å². The van der Waals surface area contributed by atoms with Gasteiger partial charge in [0.05, 0.1) is 28.2 Å². The van der Waals surface area contributed by atoms with E-state index < -0.39 is 23.6 Å². The number of aliphatic hydroxyl groups is 1. The quantitative estimate of drug-likeness (QED) is 0.107. The highest BCUT2D eigenvalue weighted by Crippen LogP contribution is 2.30. The van der Waals surface area contributed by atoms with Crippen LogP contribution in [-0.4, -0.2) is 76.0 Å². The predicted molar refractivity (Wildman–Crippen MR) is 219 cm³/mol. The van der Waals surface area contributed by atoms with Gasteiger partial charge in [0.1, 0.15) is 24.4 Å². The number of β-amino-alcohol motifs (C(OH)–C–C–N with tert-alkyl or cyclic N) is 1. The van der Waals surface area contributed by atoms with Gasteiger partial charge in [-0.25, -0.2) is 4.98 Å². The number of amides is 4. The van der Waals surface area contributed by atoms with E-state index in [-0.39, 0.29) is 73.9 Å². The monoisotopic (exact) mass is 798 g/mol. The molecule has 12 nitrogen and oxygen atoms in total. The second kappa shape index (κ2) is 20.8. The molecule has 3 aromatic rings. The predicted octanol–water partition coefficient (Wildman–Crippen LogP) is 5.29. The Morgan fingerprint density at radius 1 is 1.04 bits per heavy atom. The van der Waals surface area contributed by atoms with Crippen molar-refractivity contribution < 1.29 is 29.0 Å². The Morgan fingerprint density at radius 2 is 1.75 bits per heavy atom. The fourth-order valence-corrected chi connectivity index (χ4v) is 7.42. The summed E-state index contributed by atoms with van der Waals surface area (Å²) in [6, 6.07) is 11.7. The van der Waals surface area contributed by atoms with Crippen LogP contribution in [0.1, 0.15) is 101 Å². The van der Waals surface area contributed by atoms with Crippen LogP contribution in [0.2, 0.25) is 0 Å². The topological polar surface area (TPSA) is 190 Å². The van der Waals surface area contributed by atoms with Gasteiger partial charge in [0.25, 0.3) is 0 Å². The van der Waals surface area contributed by atoms with E-state index in [4.69, 9.17) is 16.2 Å². The molecule has 302 valence electrons. The summed E-state index contributed by atoms with van der Waals surface area (Å²) in [5.41, 5.74) is 17.5. The number of thiazole rings is 1. The number of aliphatic hydroxyl groups excluding tert-OH is 1. The molecule has 55 heavy (non-hydrogen) atoms. The first kappa shape index (κ1) is 45.4. The van der Waals surface area contributed by atoms with E-state index in [1.165, 1.54) is 4.90 Å². The average molecular weight is 799 g/mol. The summed E-state index contributed by atoms with van der Waals surface area (Å²) < 4.78 is 5.93. The van der Waals surface area contributed by atoms with Crippen LogP contribution < -0.4 is 26.8 Å². The number of aromatic nitrogens is 1. The van der Waals surface area contributed by atoms with Crippen LogP contribution in [-0.2, 0) is 25.6 Å². The van der Waals surface area contributed by atoms with E-state index in [0.29, 0.717) is 19.4 Å². The molecule has 0 spiro atoms. The average Bonchev–Trinajstić information content (AvgIpc) is 3.74. The van der Waals surface area contributed by atoms with Gasteiger partial charge in [-0.3, -0.25) is 19.2 Å². The molecule has 0 aliphatic carbocycles. The van der Waals surface area contributed by atoms with Crippen molar-refractivity contribution in [1.82, 2.24) is 20.5 Å². The summed E-state index contributed by atoms with van der Waals surface area (Å²) in [6.45, 7) is 11.8. The highest BCUT2D eigenvalue weighted by atomic mass is 35.5. The van der Waals surface area contributed by atoms with Gasteiger partial charge in [-0.1, -0.05) is 63.6 Å². The summed E-state index contributed by atoms with van der Waals surface area (Å²) in [5.74, 6) is -0.575. The van der Waals surface area contributed by atoms with Crippen molar-refractivity contribution in [3.8, 4) is 16.2 Å². The number of nitrogens with two attached hydrogens (primary N) is 2. The van der Waals surface area contributed by atoms with Gasteiger partial charge in [-0.2, -0.15) is 0 Å². The molecule has 5 atom stereocenters. The number of nitrogens with one attached hydrogen (secondary N) is 2. The number of aryl methyl sites for hydroxylation is 3. The molecule has 4 rings (SSSR count). The molecule has 1 aliphatic heterocycles. The molecule has 14 heteroatoms. The first-order valence-electron chi connectivity index (χ1n) is 18.9.